The topological polar surface area (TPSA) is 110 Å². The van der Waals surface area contributed by atoms with Crippen molar-refractivity contribution in [1.29, 1.82) is 0 Å². The second-order valence-electron chi connectivity index (χ2n) is 5.43. The predicted molar refractivity (Wildman–Crippen MR) is 88.1 cm³/mol. The Hall–Kier alpha value is -1.49. The number of sulfonamides is 1. The molecule has 1 N–H and O–H groups in total. The first kappa shape index (κ1) is 18.8. The van der Waals surface area contributed by atoms with Gasteiger partial charge in [-0.25, -0.2) is 16.8 Å². The van der Waals surface area contributed by atoms with Crippen LogP contribution in [-0.2, 0) is 24.6 Å². The Balaban J connectivity index is 2.11. The summed E-state index contributed by atoms with van der Waals surface area (Å²) in [6.45, 7) is 1.19. The highest BCUT2D eigenvalue weighted by molar-refractivity contribution is 7.90. The van der Waals surface area contributed by atoms with Gasteiger partial charge in [0.2, 0.25) is 10.0 Å². The van der Waals surface area contributed by atoms with Crippen LogP contribution in [0.4, 0.5) is 0 Å². The molecule has 2 rings (SSSR count). The molecule has 8 nitrogen and oxygen atoms in total. The van der Waals surface area contributed by atoms with E-state index >= 15 is 0 Å². The SMILES string of the molecule is CS(=O)(=O)CCNC(=O)c1cccc(S(=O)(=O)N2CCOCC2)c1. The number of sulfone groups is 1. The number of carbonyl (C=O) groups excluding carboxylic acids is 1. The number of ether oxygens (including phenoxy) is 1. The molecule has 1 saturated heterocycles. The number of nitrogens with zero attached hydrogens (tertiary/aromatic N) is 1. The fourth-order valence-electron chi connectivity index (χ4n) is 2.19. The molecular weight excluding hydrogens is 356 g/mol. The van der Waals surface area contributed by atoms with Crippen LogP contribution in [0.1, 0.15) is 10.4 Å². The number of morpholine rings is 1. The van der Waals surface area contributed by atoms with E-state index < -0.39 is 25.8 Å². The average Bonchev–Trinajstić information content (AvgIpc) is 2.54. The molecule has 1 amide bonds. The average molecular weight is 376 g/mol. The van der Waals surface area contributed by atoms with Crippen molar-refractivity contribution >= 4 is 25.8 Å². The van der Waals surface area contributed by atoms with Crippen LogP contribution in [0.15, 0.2) is 29.2 Å². The van der Waals surface area contributed by atoms with Crippen LogP contribution in [0.3, 0.4) is 0 Å². The maximum absolute atomic E-state index is 12.6. The van der Waals surface area contributed by atoms with E-state index in [0.29, 0.717) is 13.2 Å². The second kappa shape index (κ2) is 7.60. The minimum atomic E-state index is -3.68. The van der Waals surface area contributed by atoms with Crippen LogP contribution in [0.5, 0.6) is 0 Å². The minimum Gasteiger partial charge on any atom is -0.379 e. The number of amides is 1. The summed E-state index contributed by atoms with van der Waals surface area (Å²) in [5.74, 6) is -0.692. The lowest BCUT2D eigenvalue weighted by Gasteiger charge is -2.26. The van der Waals surface area contributed by atoms with Crippen LogP contribution < -0.4 is 5.32 Å². The monoisotopic (exact) mass is 376 g/mol. The normalized spacial score (nSPS) is 16.7. The van der Waals surface area contributed by atoms with Crippen LogP contribution >= 0.6 is 0 Å². The fraction of sp³-hybridized carbons (Fsp3) is 0.500. The van der Waals surface area contributed by atoms with Gasteiger partial charge in [-0.15, -0.1) is 0 Å². The predicted octanol–water partition coefficient (Wildman–Crippen LogP) is -0.518. The Bertz CT molecular complexity index is 798. The van der Waals surface area contributed by atoms with Crippen LogP contribution in [0.25, 0.3) is 0 Å². The fourth-order valence-corrected chi connectivity index (χ4v) is 4.11. The third-order valence-electron chi connectivity index (χ3n) is 3.46. The number of rotatable bonds is 6. The molecule has 0 atom stereocenters. The standard InChI is InChI=1S/C14H20N2O6S2/c1-23(18,19)10-5-15-14(17)12-3-2-4-13(11-12)24(20,21)16-6-8-22-9-7-16/h2-4,11H,5-10H2,1H3,(H,15,17). The first-order valence-electron chi connectivity index (χ1n) is 7.34. The summed E-state index contributed by atoms with van der Waals surface area (Å²) in [6.07, 6.45) is 1.08. The number of carbonyl (C=O) groups is 1. The molecule has 10 heteroatoms. The van der Waals surface area contributed by atoms with Gasteiger partial charge < -0.3 is 10.1 Å². The van der Waals surface area contributed by atoms with Gasteiger partial charge in [-0.3, -0.25) is 4.79 Å². The Morgan fingerprint density at radius 2 is 1.88 bits per heavy atom. The van der Waals surface area contributed by atoms with Gasteiger partial charge in [-0.05, 0) is 18.2 Å². The number of hydrogen-bond acceptors (Lipinski definition) is 6. The van der Waals surface area contributed by atoms with Gasteiger partial charge in [0.25, 0.3) is 5.91 Å². The second-order valence-corrected chi connectivity index (χ2v) is 9.63. The number of hydrogen-bond donors (Lipinski definition) is 1. The molecule has 0 spiro atoms. The summed E-state index contributed by atoms with van der Waals surface area (Å²) in [7, 11) is -6.86. The van der Waals surface area contributed by atoms with Gasteiger partial charge >= 0.3 is 0 Å². The molecule has 1 aromatic carbocycles. The van der Waals surface area contributed by atoms with Crippen LogP contribution in [0.2, 0.25) is 0 Å². The zero-order chi connectivity index (χ0) is 17.8. The van der Waals surface area contributed by atoms with E-state index in [4.69, 9.17) is 4.74 Å². The zero-order valence-electron chi connectivity index (χ0n) is 13.3. The molecule has 1 heterocycles. The van der Waals surface area contributed by atoms with Crippen LogP contribution in [0, 0.1) is 0 Å². The van der Waals surface area contributed by atoms with Crippen molar-refractivity contribution in [2.24, 2.45) is 0 Å². The lowest BCUT2D eigenvalue weighted by molar-refractivity contribution is 0.0730. The van der Waals surface area contributed by atoms with Gasteiger partial charge in [0.05, 0.1) is 23.9 Å². The molecule has 0 radical (unpaired) electrons. The Morgan fingerprint density at radius 1 is 1.21 bits per heavy atom. The number of benzene rings is 1. The van der Waals surface area contributed by atoms with Gasteiger partial charge in [-0.1, -0.05) is 6.07 Å². The molecular formula is C14H20N2O6S2. The van der Waals surface area contributed by atoms with Gasteiger partial charge in [0.15, 0.2) is 0 Å². The Kier molecular flexibility index (Phi) is 5.97. The van der Waals surface area contributed by atoms with Crippen molar-refractivity contribution in [3.05, 3.63) is 29.8 Å². The molecule has 1 aliphatic rings. The third-order valence-corrected chi connectivity index (χ3v) is 6.30. The van der Waals surface area contributed by atoms with E-state index in [1.807, 2.05) is 0 Å². The Labute approximate surface area is 141 Å². The molecule has 24 heavy (non-hydrogen) atoms. The van der Waals surface area contributed by atoms with Crippen molar-refractivity contribution in [3.63, 3.8) is 0 Å². The highest BCUT2D eigenvalue weighted by Crippen LogP contribution is 2.18. The largest absolute Gasteiger partial charge is 0.379 e. The summed E-state index contributed by atoms with van der Waals surface area (Å²) >= 11 is 0. The highest BCUT2D eigenvalue weighted by atomic mass is 32.2. The van der Waals surface area contributed by atoms with Gasteiger partial charge in [0, 0.05) is 31.5 Å². The van der Waals surface area contributed by atoms with Gasteiger partial charge in [-0.2, -0.15) is 4.31 Å². The van der Waals surface area contributed by atoms with Crippen molar-refractivity contribution in [3.8, 4) is 0 Å². The quantitative estimate of drug-likeness (QED) is 0.716. The third kappa shape index (κ3) is 5.00. The van der Waals surface area contributed by atoms with E-state index in [2.05, 4.69) is 5.32 Å². The van der Waals surface area contributed by atoms with Crippen molar-refractivity contribution < 1.29 is 26.4 Å². The number of nitrogens with one attached hydrogen (secondary N) is 1. The van der Waals surface area contributed by atoms with Crippen molar-refractivity contribution in [2.75, 3.05) is 44.9 Å². The smallest absolute Gasteiger partial charge is 0.251 e. The first-order valence-corrected chi connectivity index (χ1v) is 10.8. The first-order chi connectivity index (χ1) is 11.2. The molecule has 134 valence electrons. The van der Waals surface area contributed by atoms with E-state index in [-0.39, 0.29) is 35.8 Å². The highest BCUT2D eigenvalue weighted by Gasteiger charge is 2.26. The molecule has 1 fully saturated rings. The molecule has 0 aromatic heterocycles. The lowest BCUT2D eigenvalue weighted by Crippen LogP contribution is -2.40. The Morgan fingerprint density at radius 3 is 2.50 bits per heavy atom. The molecule has 0 aliphatic carbocycles. The summed E-state index contributed by atoms with van der Waals surface area (Å²) in [4.78, 5) is 12.1. The summed E-state index contributed by atoms with van der Waals surface area (Å²) < 4.78 is 53.7. The zero-order valence-corrected chi connectivity index (χ0v) is 14.9. The van der Waals surface area contributed by atoms with Crippen molar-refractivity contribution in [1.82, 2.24) is 9.62 Å². The lowest BCUT2D eigenvalue weighted by atomic mass is 10.2. The molecule has 1 aliphatic heterocycles. The van der Waals surface area contributed by atoms with E-state index in [9.17, 15) is 21.6 Å². The molecule has 0 saturated carbocycles. The van der Waals surface area contributed by atoms with E-state index in [0.717, 1.165) is 6.26 Å². The summed E-state index contributed by atoms with van der Waals surface area (Å²) in [5.41, 5.74) is 0.165. The van der Waals surface area contributed by atoms with Gasteiger partial charge in [0.1, 0.15) is 9.84 Å². The molecule has 1 aromatic rings. The summed E-state index contributed by atoms with van der Waals surface area (Å²) in [5, 5.41) is 2.47. The molecule has 0 bridgehead atoms. The molecule has 0 unspecified atom stereocenters. The summed E-state index contributed by atoms with van der Waals surface area (Å²) in [6, 6.07) is 5.69. The maximum Gasteiger partial charge on any atom is 0.251 e. The maximum atomic E-state index is 12.6. The minimum absolute atomic E-state index is 0.0279. The van der Waals surface area contributed by atoms with E-state index in [1.165, 1.54) is 28.6 Å². The van der Waals surface area contributed by atoms with E-state index in [1.54, 1.807) is 0 Å². The van der Waals surface area contributed by atoms with Crippen LogP contribution in [-0.4, -0.2) is 71.9 Å². The van der Waals surface area contributed by atoms with Crippen molar-refractivity contribution in [2.45, 2.75) is 4.90 Å².